The van der Waals surface area contributed by atoms with E-state index >= 15 is 0 Å². The topological polar surface area (TPSA) is 49.4 Å². The maximum atomic E-state index is 13.2. The molecular formula is C18H24F2N2O2. The summed E-state index contributed by atoms with van der Waals surface area (Å²) in [7, 11) is 0. The molecule has 0 aromatic heterocycles. The van der Waals surface area contributed by atoms with Crippen LogP contribution in [0, 0.1) is 17.6 Å². The van der Waals surface area contributed by atoms with E-state index in [2.05, 4.69) is 5.32 Å². The molecule has 2 rings (SSSR count). The van der Waals surface area contributed by atoms with Gasteiger partial charge in [0.25, 0.3) is 5.91 Å². The first-order chi connectivity index (χ1) is 11.5. The largest absolute Gasteiger partial charge is 0.349 e. The van der Waals surface area contributed by atoms with Crippen molar-refractivity contribution in [2.24, 2.45) is 5.92 Å². The molecule has 1 aromatic rings. The van der Waals surface area contributed by atoms with Gasteiger partial charge in [0.1, 0.15) is 0 Å². The lowest BCUT2D eigenvalue weighted by Gasteiger charge is -2.34. The quantitative estimate of drug-likeness (QED) is 0.897. The van der Waals surface area contributed by atoms with E-state index in [1.807, 2.05) is 18.7 Å². The standard InChI is InChI=1S/C18H24F2N2O2/c1-3-12(4-2)18(24)22-9-7-14(8-10-22)21-17(23)13-5-6-15(19)16(20)11-13/h5-6,11-12,14H,3-4,7-10H2,1-2H3,(H,21,23). The molecule has 2 amide bonds. The number of nitrogens with zero attached hydrogens (tertiary/aromatic N) is 1. The lowest BCUT2D eigenvalue weighted by Crippen LogP contribution is -2.48. The van der Waals surface area contributed by atoms with E-state index in [1.54, 1.807) is 0 Å². The number of likely N-dealkylation sites (tertiary alicyclic amines) is 1. The molecular weight excluding hydrogens is 314 g/mol. The van der Waals surface area contributed by atoms with Crippen LogP contribution >= 0.6 is 0 Å². The summed E-state index contributed by atoms with van der Waals surface area (Å²) in [5.74, 6) is -2.17. The number of piperidine rings is 1. The smallest absolute Gasteiger partial charge is 0.251 e. The Morgan fingerprint density at radius 3 is 2.33 bits per heavy atom. The van der Waals surface area contributed by atoms with Gasteiger partial charge >= 0.3 is 0 Å². The minimum absolute atomic E-state index is 0.0589. The Labute approximate surface area is 141 Å². The number of hydrogen-bond acceptors (Lipinski definition) is 2. The summed E-state index contributed by atoms with van der Waals surface area (Å²) in [5.41, 5.74) is 0.101. The number of rotatable bonds is 5. The number of amides is 2. The zero-order valence-corrected chi connectivity index (χ0v) is 14.1. The second-order valence-electron chi connectivity index (χ2n) is 6.22. The van der Waals surface area contributed by atoms with Gasteiger partial charge in [-0.1, -0.05) is 13.8 Å². The van der Waals surface area contributed by atoms with Crippen LogP contribution in [0.15, 0.2) is 18.2 Å². The highest BCUT2D eigenvalue weighted by Crippen LogP contribution is 2.18. The number of halogens is 2. The average Bonchev–Trinajstić information content (AvgIpc) is 2.59. The summed E-state index contributed by atoms with van der Waals surface area (Å²) in [6.07, 6.45) is 3.01. The molecule has 1 saturated heterocycles. The fourth-order valence-corrected chi connectivity index (χ4v) is 3.05. The van der Waals surface area contributed by atoms with Gasteiger partial charge in [0, 0.05) is 30.6 Å². The lowest BCUT2D eigenvalue weighted by atomic mass is 9.98. The van der Waals surface area contributed by atoms with E-state index in [0.29, 0.717) is 25.9 Å². The molecule has 132 valence electrons. The summed E-state index contributed by atoms with van der Waals surface area (Å²) in [5, 5.41) is 2.83. The van der Waals surface area contributed by atoms with Gasteiger partial charge in [-0.2, -0.15) is 0 Å². The van der Waals surface area contributed by atoms with Crippen LogP contribution in [-0.4, -0.2) is 35.8 Å². The monoisotopic (exact) mass is 338 g/mol. The van der Waals surface area contributed by atoms with Crippen molar-refractivity contribution in [1.82, 2.24) is 10.2 Å². The van der Waals surface area contributed by atoms with Gasteiger partial charge in [-0.15, -0.1) is 0 Å². The van der Waals surface area contributed by atoms with Crippen LogP contribution < -0.4 is 5.32 Å². The zero-order chi connectivity index (χ0) is 17.7. The molecule has 1 N–H and O–H groups in total. The van der Waals surface area contributed by atoms with E-state index in [-0.39, 0.29) is 23.4 Å². The molecule has 0 saturated carbocycles. The Kier molecular flexibility index (Phi) is 6.29. The third kappa shape index (κ3) is 4.30. The van der Waals surface area contributed by atoms with Crippen molar-refractivity contribution >= 4 is 11.8 Å². The number of carbonyl (C=O) groups excluding carboxylic acids is 2. The molecule has 24 heavy (non-hydrogen) atoms. The molecule has 0 unspecified atom stereocenters. The van der Waals surface area contributed by atoms with Crippen LogP contribution in [-0.2, 0) is 4.79 Å². The molecule has 1 aromatic carbocycles. The first kappa shape index (κ1) is 18.4. The van der Waals surface area contributed by atoms with Gasteiger partial charge in [0.15, 0.2) is 11.6 Å². The second-order valence-corrected chi connectivity index (χ2v) is 6.22. The fraction of sp³-hybridized carbons (Fsp3) is 0.556. The maximum Gasteiger partial charge on any atom is 0.251 e. The van der Waals surface area contributed by atoms with E-state index in [4.69, 9.17) is 0 Å². The second kappa shape index (κ2) is 8.22. The number of nitrogens with one attached hydrogen (secondary N) is 1. The summed E-state index contributed by atoms with van der Waals surface area (Å²) < 4.78 is 26.1. The molecule has 0 bridgehead atoms. The third-order valence-corrected chi connectivity index (χ3v) is 4.66. The molecule has 1 heterocycles. The first-order valence-electron chi connectivity index (χ1n) is 8.50. The molecule has 0 atom stereocenters. The Morgan fingerprint density at radius 1 is 1.17 bits per heavy atom. The van der Waals surface area contributed by atoms with Crippen molar-refractivity contribution < 1.29 is 18.4 Å². The predicted molar refractivity (Wildman–Crippen MR) is 87.5 cm³/mol. The van der Waals surface area contributed by atoms with E-state index in [0.717, 1.165) is 25.0 Å². The number of benzene rings is 1. The Morgan fingerprint density at radius 2 is 1.79 bits per heavy atom. The van der Waals surface area contributed by atoms with E-state index in [9.17, 15) is 18.4 Å². The molecule has 0 radical (unpaired) electrons. The lowest BCUT2D eigenvalue weighted by molar-refractivity contribution is -0.136. The summed E-state index contributed by atoms with van der Waals surface area (Å²) in [6.45, 7) is 5.25. The van der Waals surface area contributed by atoms with Crippen molar-refractivity contribution in [3.63, 3.8) is 0 Å². The van der Waals surface area contributed by atoms with Crippen LogP contribution in [0.3, 0.4) is 0 Å². The van der Waals surface area contributed by atoms with Crippen LogP contribution in [0.25, 0.3) is 0 Å². The van der Waals surface area contributed by atoms with Gasteiger partial charge < -0.3 is 10.2 Å². The summed E-state index contributed by atoms with van der Waals surface area (Å²) >= 11 is 0. The van der Waals surface area contributed by atoms with Crippen molar-refractivity contribution in [2.45, 2.75) is 45.6 Å². The molecule has 1 aliphatic rings. The normalized spacial score (nSPS) is 15.6. The highest BCUT2D eigenvalue weighted by atomic mass is 19.2. The van der Waals surface area contributed by atoms with Gasteiger partial charge in [0.05, 0.1) is 0 Å². The zero-order valence-electron chi connectivity index (χ0n) is 14.1. The van der Waals surface area contributed by atoms with Crippen LogP contribution in [0.4, 0.5) is 8.78 Å². The molecule has 0 aliphatic carbocycles. The maximum absolute atomic E-state index is 13.2. The van der Waals surface area contributed by atoms with Crippen molar-refractivity contribution in [3.8, 4) is 0 Å². The van der Waals surface area contributed by atoms with Gasteiger partial charge in [-0.25, -0.2) is 8.78 Å². The summed E-state index contributed by atoms with van der Waals surface area (Å²) in [6, 6.07) is 3.05. The highest BCUT2D eigenvalue weighted by molar-refractivity contribution is 5.94. The SMILES string of the molecule is CCC(CC)C(=O)N1CCC(NC(=O)c2ccc(F)c(F)c2)CC1. The molecule has 1 aliphatic heterocycles. The number of carbonyl (C=O) groups is 2. The van der Waals surface area contributed by atoms with Gasteiger partial charge in [0.2, 0.25) is 5.91 Å². The molecule has 1 fully saturated rings. The molecule has 6 heteroatoms. The minimum atomic E-state index is -1.03. The average molecular weight is 338 g/mol. The molecule has 0 spiro atoms. The highest BCUT2D eigenvalue weighted by Gasteiger charge is 2.27. The first-order valence-corrected chi connectivity index (χ1v) is 8.50. The van der Waals surface area contributed by atoms with Crippen LogP contribution in [0.2, 0.25) is 0 Å². The van der Waals surface area contributed by atoms with Crippen LogP contribution in [0.5, 0.6) is 0 Å². The third-order valence-electron chi connectivity index (χ3n) is 4.66. The number of hydrogen-bond donors (Lipinski definition) is 1. The Bertz CT molecular complexity index is 595. The van der Waals surface area contributed by atoms with Crippen LogP contribution in [0.1, 0.15) is 49.9 Å². The minimum Gasteiger partial charge on any atom is -0.349 e. The summed E-state index contributed by atoms with van der Waals surface area (Å²) in [4.78, 5) is 26.3. The van der Waals surface area contributed by atoms with Crippen molar-refractivity contribution in [2.75, 3.05) is 13.1 Å². The Balaban J connectivity index is 1.87. The van der Waals surface area contributed by atoms with Gasteiger partial charge in [-0.05, 0) is 43.9 Å². The van der Waals surface area contributed by atoms with E-state index in [1.165, 1.54) is 6.07 Å². The van der Waals surface area contributed by atoms with Crippen molar-refractivity contribution in [3.05, 3.63) is 35.4 Å². The predicted octanol–water partition coefficient (Wildman–Crippen LogP) is 3.12. The van der Waals surface area contributed by atoms with Gasteiger partial charge in [-0.3, -0.25) is 9.59 Å². The Hall–Kier alpha value is -1.98. The van der Waals surface area contributed by atoms with Crippen molar-refractivity contribution in [1.29, 1.82) is 0 Å². The fourth-order valence-electron chi connectivity index (χ4n) is 3.05. The molecule has 4 nitrogen and oxygen atoms in total. The van der Waals surface area contributed by atoms with E-state index < -0.39 is 17.5 Å².